The monoisotopic (exact) mass is 260 g/mol. The number of aliphatic hydroxyl groups excluding tert-OH is 4. The van der Waals surface area contributed by atoms with Gasteiger partial charge in [0.2, 0.25) is 0 Å². The van der Waals surface area contributed by atoms with Gasteiger partial charge in [0.05, 0.1) is 6.61 Å². The molecule has 0 radical (unpaired) electrons. The molecule has 0 aromatic rings. The van der Waals surface area contributed by atoms with Crippen molar-refractivity contribution < 1.29 is 39.6 Å². The van der Waals surface area contributed by atoms with Gasteiger partial charge in [-0.1, -0.05) is 0 Å². The molecule has 96 valence electrons. The molecule has 16 heavy (non-hydrogen) atoms. The Morgan fingerprint density at radius 2 is 1.81 bits per heavy atom. The summed E-state index contributed by atoms with van der Waals surface area (Å²) in [7, 11) is -5.07. The number of rotatable bonds is 7. The van der Waals surface area contributed by atoms with Gasteiger partial charge in [-0.15, -0.1) is 0 Å². The van der Waals surface area contributed by atoms with Crippen LogP contribution in [0.3, 0.4) is 0 Å². The van der Waals surface area contributed by atoms with Crippen LogP contribution in [0.25, 0.3) is 0 Å². The van der Waals surface area contributed by atoms with Crippen molar-refractivity contribution in [1.29, 1.82) is 0 Å². The average molecular weight is 260 g/mol. The van der Waals surface area contributed by atoms with Crippen LogP contribution in [0, 0.1) is 0 Å². The van der Waals surface area contributed by atoms with Gasteiger partial charge >= 0.3 is 10.3 Å². The van der Waals surface area contributed by atoms with Gasteiger partial charge in [-0.2, -0.15) is 13.1 Å². The van der Waals surface area contributed by atoms with E-state index in [-0.39, 0.29) is 6.29 Å². The van der Waals surface area contributed by atoms with Crippen molar-refractivity contribution >= 4 is 16.6 Å². The van der Waals surface area contributed by atoms with E-state index in [1.807, 2.05) is 0 Å². The third-order valence-corrected chi connectivity index (χ3v) is 2.19. The van der Waals surface area contributed by atoms with Gasteiger partial charge in [0.15, 0.2) is 0 Å². The second kappa shape index (κ2) is 6.20. The van der Waals surface area contributed by atoms with Crippen LogP contribution in [0.4, 0.5) is 0 Å². The second-order valence-corrected chi connectivity index (χ2v) is 4.02. The fourth-order valence-electron chi connectivity index (χ4n) is 0.859. The van der Waals surface area contributed by atoms with E-state index < -0.39 is 46.0 Å². The van der Waals surface area contributed by atoms with Gasteiger partial charge in [-0.25, -0.2) is 0 Å². The Morgan fingerprint density at radius 1 is 1.31 bits per heavy atom. The SMILES string of the molecule is [2H]N([C@@H](C=O)[C@@H](O)[C@H](O)[C@H](O)CO)S(=O)(=O)O. The second-order valence-electron chi connectivity index (χ2n) is 2.91. The van der Waals surface area contributed by atoms with Crippen LogP contribution in [0.15, 0.2) is 0 Å². The lowest BCUT2D eigenvalue weighted by molar-refractivity contribution is -0.119. The van der Waals surface area contributed by atoms with Crippen LogP contribution in [-0.4, -0.2) is 70.6 Å². The van der Waals surface area contributed by atoms with Crippen LogP contribution in [-0.2, 0) is 15.1 Å². The molecule has 0 aromatic carbocycles. The van der Waals surface area contributed by atoms with E-state index in [1.54, 1.807) is 0 Å². The summed E-state index contributed by atoms with van der Waals surface area (Å²) in [5.74, 6) is 0. The van der Waals surface area contributed by atoms with Crippen molar-refractivity contribution in [2.75, 3.05) is 6.61 Å². The normalized spacial score (nSPS) is 21.0. The zero-order valence-electron chi connectivity index (χ0n) is 8.91. The Balaban J connectivity index is 4.96. The number of carbonyl (C=O) groups excluding carboxylic acids is 1. The molecule has 0 fully saturated rings. The highest BCUT2D eigenvalue weighted by Gasteiger charge is 2.32. The zero-order valence-corrected chi connectivity index (χ0v) is 8.73. The summed E-state index contributed by atoms with van der Waals surface area (Å²) in [6.07, 6.45) is -6.29. The first-order chi connectivity index (χ1) is 7.66. The predicted molar refractivity (Wildman–Crippen MR) is 49.6 cm³/mol. The Labute approximate surface area is 92.7 Å². The highest BCUT2D eigenvalue weighted by molar-refractivity contribution is 7.83. The number of hydrogen-bond donors (Lipinski definition) is 6. The number of hydrogen-bond acceptors (Lipinski definition) is 7. The van der Waals surface area contributed by atoms with E-state index in [0.29, 0.717) is 0 Å². The van der Waals surface area contributed by atoms with E-state index >= 15 is 0 Å². The lowest BCUT2D eigenvalue weighted by Gasteiger charge is -2.25. The van der Waals surface area contributed by atoms with Crippen LogP contribution in [0.1, 0.15) is 0 Å². The first-order valence-corrected chi connectivity index (χ1v) is 5.42. The third-order valence-electron chi connectivity index (χ3n) is 1.68. The Kier molecular flexibility index (Phi) is 5.21. The number of nitrogens with one attached hydrogen (secondary N) is 1. The first-order valence-electron chi connectivity index (χ1n) is 4.47. The molecule has 0 aromatic heterocycles. The number of aliphatic hydroxyl groups is 4. The van der Waals surface area contributed by atoms with Gasteiger partial charge in [0.25, 0.3) is 0 Å². The molecule has 0 unspecified atom stereocenters. The standard InChI is InChI=1S/C6H13NO8S/c8-1-3(7-16(13,14)15)5(11)6(12)4(10)2-9/h1,3-7,9-12H,2H2,(H,13,14,15)/t3-,4+,5+,6+/m0/s1/i/hD. The summed E-state index contributed by atoms with van der Waals surface area (Å²) in [6, 6.07) is -2.12. The fourth-order valence-corrected chi connectivity index (χ4v) is 1.34. The molecule has 9 nitrogen and oxygen atoms in total. The zero-order chi connectivity index (χ0) is 13.8. The molecule has 0 aliphatic heterocycles. The minimum absolute atomic E-state index is 0.210. The highest BCUT2D eigenvalue weighted by Crippen LogP contribution is 2.04. The fraction of sp³-hybridized carbons (Fsp3) is 0.833. The number of carbonyl (C=O) groups is 1. The van der Waals surface area contributed by atoms with Crippen LogP contribution >= 0.6 is 0 Å². The summed E-state index contributed by atoms with van der Waals surface area (Å²) in [4.78, 5) is 10.5. The maximum atomic E-state index is 10.5. The van der Waals surface area contributed by atoms with Gasteiger partial charge in [0.1, 0.15) is 32.1 Å². The highest BCUT2D eigenvalue weighted by atomic mass is 32.2. The molecule has 0 aliphatic rings. The predicted octanol–water partition coefficient (Wildman–Crippen LogP) is -3.98. The molecule has 6 N–H and O–H groups in total. The topological polar surface area (TPSA) is 164 Å². The first kappa shape index (κ1) is 13.4. The lowest BCUT2D eigenvalue weighted by atomic mass is 10.0. The van der Waals surface area contributed by atoms with Crippen molar-refractivity contribution in [1.82, 2.24) is 4.72 Å². The molecular formula is C6H13NO8S. The van der Waals surface area contributed by atoms with Gasteiger partial charge in [0, 0.05) is 0 Å². The minimum Gasteiger partial charge on any atom is -0.394 e. The summed E-state index contributed by atoms with van der Waals surface area (Å²) < 4.78 is 35.7. The molecule has 0 aliphatic carbocycles. The molecule has 0 spiro atoms. The minimum atomic E-state index is -5.07. The summed E-state index contributed by atoms with van der Waals surface area (Å²) in [5, 5.41) is 35.9. The van der Waals surface area contributed by atoms with E-state index in [9.17, 15) is 23.4 Å². The summed E-state index contributed by atoms with van der Waals surface area (Å²) in [6.45, 7) is -0.951. The van der Waals surface area contributed by atoms with E-state index in [2.05, 4.69) is 0 Å². The van der Waals surface area contributed by atoms with Crippen molar-refractivity contribution in [3.63, 3.8) is 0 Å². The van der Waals surface area contributed by atoms with E-state index in [0.717, 1.165) is 0 Å². The molecule has 0 heterocycles. The Bertz CT molecular complexity index is 348. The van der Waals surface area contributed by atoms with Crippen molar-refractivity contribution in [2.45, 2.75) is 24.4 Å². The molecular weight excluding hydrogens is 246 g/mol. The number of aldehydes is 1. The molecule has 10 heteroatoms. The average Bonchev–Trinajstić information content (AvgIpc) is 2.26. The molecule has 0 rings (SSSR count). The van der Waals surface area contributed by atoms with Gasteiger partial charge < -0.3 is 25.2 Å². The summed E-state index contributed by atoms with van der Waals surface area (Å²) in [5.41, 5.74) is 0. The van der Waals surface area contributed by atoms with Crippen molar-refractivity contribution in [2.24, 2.45) is 0 Å². The maximum absolute atomic E-state index is 10.5. The van der Waals surface area contributed by atoms with Crippen LogP contribution in [0.5, 0.6) is 0 Å². The van der Waals surface area contributed by atoms with Crippen molar-refractivity contribution in [3.8, 4) is 0 Å². The van der Waals surface area contributed by atoms with Crippen molar-refractivity contribution in [3.05, 3.63) is 0 Å². The van der Waals surface area contributed by atoms with Crippen LogP contribution < -0.4 is 4.72 Å². The smallest absolute Gasteiger partial charge is 0.334 e. The van der Waals surface area contributed by atoms with Gasteiger partial charge in [-0.05, 0) is 0 Å². The molecule has 0 bridgehead atoms. The van der Waals surface area contributed by atoms with Crippen LogP contribution in [0.2, 0.25) is 1.41 Å². The van der Waals surface area contributed by atoms with E-state index in [4.69, 9.17) is 16.2 Å². The Hall–Kier alpha value is -0.620. The molecule has 4 atom stereocenters. The lowest BCUT2D eigenvalue weighted by Crippen LogP contribution is -2.53. The maximum Gasteiger partial charge on any atom is 0.334 e. The third kappa shape index (κ3) is 4.94. The molecule has 0 saturated heterocycles. The largest absolute Gasteiger partial charge is 0.394 e. The quantitative estimate of drug-likeness (QED) is 0.199. The Morgan fingerprint density at radius 3 is 2.12 bits per heavy atom. The molecule has 0 saturated carbocycles. The summed E-state index contributed by atoms with van der Waals surface area (Å²) >= 11 is 0. The van der Waals surface area contributed by atoms with Gasteiger partial charge in [-0.3, -0.25) is 4.55 Å². The molecule has 0 amide bonds. The van der Waals surface area contributed by atoms with E-state index in [1.165, 1.54) is 0 Å².